The van der Waals surface area contributed by atoms with E-state index in [1.807, 2.05) is 0 Å². The molecule has 0 amide bonds. The predicted octanol–water partition coefficient (Wildman–Crippen LogP) is 2.25. The summed E-state index contributed by atoms with van der Waals surface area (Å²) in [6.07, 6.45) is -1.29. The lowest BCUT2D eigenvalue weighted by molar-refractivity contribution is 0.145. The Balaban J connectivity index is 3.21. The molecule has 0 saturated heterocycles. The molecule has 0 aliphatic rings. The molecule has 2 nitrogen and oxygen atoms in total. The van der Waals surface area contributed by atoms with Crippen molar-refractivity contribution in [2.24, 2.45) is 0 Å². The topological polar surface area (TPSA) is 33.1 Å². The molecule has 1 aromatic heterocycles. The summed E-state index contributed by atoms with van der Waals surface area (Å²) in [6.45, 7) is -0.425. The molecule has 0 aromatic carbocycles. The maximum Gasteiger partial charge on any atom is 0.265 e. The highest BCUT2D eigenvalue weighted by molar-refractivity contribution is 6.17. The number of hydrogen-bond acceptors (Lipinski definition) is 2. The number of nitrogens with zero attached hydrogens (tertiary/aromatic N) is 1. The van der Waals surface area contributed by atoms with Crippen molar-refractivity contribution < 1.29 is 13.9 Å². The number of alkyl halides is 3. The van der Waals surface area contributed by atoms with Gasteiger partial charge in [0.1, 0.15) is 0 Å². The van der Waals surface area contributed by atoms with Crippen molar-refractivity contribution in [2.45, 2.75) is 18.9 Å². The molecule has 0 aliphatic heterocycles. The van der Waals surface area contributed by atoms with Crippen LogP contribution in [0, 0.1) is 0 Å². The van der Waals surface area contributed by atoms with Gasteiger partial charge in [-0.25, -0.2) is 8.78 Å². The van der Waals surface area contributed by atoms with Gasteiger partial charge in [0.15, 0.2) is 0 Å². The van der Waals surface area contributed by atoms with Gasteiger partial charge in [-0.3, -0.25) is 4.98 Å². The Hall–Kier alpha value is -0.740. The lowest BCUT2D eigenvalue weighted by Crippen LogP contribution is -2.01. The van der Waals surface area contributed by atoms with Gasteiger partial charge in [-0.1, -0.05) is 0 Å². The summed E-state index contributed by atoms with van der Waals surface area (Å²) in [5.74, 6) is -0.0759. The molecule has 0 fully saturated rings. The van der Waals surface area contributed by atoms with E-state index in [4.69, 9.17) is 16.7 Å². The van der Waals surface area contributed by atoms with Gasteiger partial charge in [0, 0.05) is 11.8 Å². The summed E-state index contributed by atoms with van der Waals surface area (Å²) in [5.41, 5.74) is 0.0591. The zero-order valence-corrected chi connectivity index (χ0v) is 7.43. The van der Waals surface area contributed by atoms with Gasteiger partial charge in [-0.15, -0.1) is 11.6 Å². The molecule has 5 heteroatoms. The average molecular weight is 208 g/mol. The van der Waals surface area contributed by atoms with Gasteiger partial charge in [-0.2, -0.15) is 0 Å². The van der Waals surface area contributed by atoms with E-state index >= 15 is 0 Å². The van der Waals surface area contributed by atoms with Crippen molar-refractivity contribution in [3.8, 4) is 0 Å². The van der Waals surface area contributed by atoms with E-state index in [0.717, 1.165) is 0 Å². The number of halogens is 3. The molecule has 1 aromatic rings. The van der Waals surface area contributed by atoms with E-state index < -0.39 is 13.0 Å². The molecule has 0 saturated carbocycles. The Bertz CT molecular complexity index is 271. The zero-order chi connectivity index (χ0) is 9.84. The summed E-state index contributed by atoms with van der Waals surface area (Å²) in [4.78, 5) is 3.70. The molecule has 1 N–H and O–H groups in total. The first-order valence-corrected chi connectivity index (χ1v) is 4.15. The van der Waals surface area contributed by atoms with Crippen LogP contribution >= 0.6 is 11.6 Å². The van der Waals surface area contributed by atoms with E-state index in [9.17, 15) is 8.78 Å². The molecule has 1 rings (SSSR count). The largest absolute Gasteiger partial charge is 0.392 e. The van der Waals surface area contributed by atoms with Crippen LogP contribution in [0.25, 0.3) is 0 Å². The van der Waals surface area contributed by atoms with Gasteiger partial charge < -0.3 is 5.11 Å². The normalized spacial score (nSPS) is 10.8. The summed E-state index contributed by atoms with van der Waals surface area (Å²) in [6, 6.07) is 1.36. The Morgan fingerprint density at radius 3 is 2.69 bits per heavy atom. The summed E-state index contributed by atoms with van der Waals surface area (Å²) >= 11 is 5.43. The van der Waals surface area contributed by atoms with E-state index in [1.165, 1.54) is 12.3 Å². The number of aliphatic hydroxyl groups excluding tert-OH is 1. The first-order valence-electron chi connectivity index (χ1n) is 3.62. The first kappa shape index (κ1) is 10.3. The van der Waals surface area contributed by atoms with Crippen molar-refractivity contribution in [2.75, 3.05) is 0 Å². The van der Waals surface area contributed by atoms with Crippen LogP contribution in [0.3, 0.4) is 0 Å². The predicted molar refractivity (Wildman–Crippen MR) is 44.7 cm³/mol. The third-order valence-corrected chi connectivity index (χ3v) is 1.93. The first-order chi connectivity index (χ1) is 6.20. The Kier molecular flexibility index (Phi) is 3.57. The highest BCUT2D eigenvalue weighted by Crippen LogP contribution is 2.26. The maximum atomic E-state index is 12.5. The summed E-state index contributed by atoms with van der Waals surface area (Å²) in [7, 11) is 0. The standard InChI is InChI=1S/C8H8ClF2NO/c9-3-6-7(8(10)11)5(4-13)1-2-12-6/h1-2,8,13H,3-4H2. The Morgan fingerprint density at radius 2 is 2.23 bits per heavy atom. The molecule has 1 heterocycles. The highest BCUT2D eigenvalue weighted by Gasteiger charge is 2.17. The van der Waals surface area contributed by atoms with E-state index in [1.54, 1.807) is 0 Å². The smallest absolute Gasteiger partial charge is 0.265 e. The van der Waals surface area contributed by atoms with Gasteiger partial charge in [0.25, 0.3) is 6.43 Å². The molecule has 0 bridgehead atoms. The minimum absolute atomic E-state index is 0.0759. The third kappa shape index (κ3) is 2.14. The Morgan fingerprint density at radius 1 is 1.54 bits per heavy atom. The summed E-state index contributed by atoms with van der Waals surface area (Å²) < 4.78 is 24.9. The quantitative estimate of drug-likeness (QED) is 0.772. The van der Waals surface area contributed by atoms with Crippen molar-refractivity contribution in [3.05, 3.63) is 29.1 Å². The van der Waals surface area contributed by atoms with E-state index in [-0.39, 0.29) is 22.7 Å². The number of hydrogen-bond donors (Lipinski definition) is 1. The minimum Gasteiger partial charge on any atom is -0.392 e. The van der Waals surface area contributed by atoms with E-state index in [2.05, 4.69) is 4.98 Å². The highest BCUT2D eigenvalue weighted by atomic mass is 35.5. The fourth-order valence-corrected chi connectivity index (χ4v) is 1.29. The van der Waals surface area contributed by atoms with Gasteiger partial charge >= 0.3 is 0 Å². The third-order valence-electron chi connectivity index (χ3n) is 1.68. The Labute approximate surface area is 79.2 Å². The lowest BCUT2D eigenvalue weighted by atomic mass is 10.1. The molecule has 0 aliphatic carbocycles. The fourth-order valence-electron chi connectivity index (χ4n) is 1.07. The second-order valence-electron chi connectivity index (χ2n) is 2.42. The van der Waals surface area contributed by atoms with Crippen molar-refractivity contribution in [1.82, 2.24) is 4.98 Å². The maximum absolute atomic E-state index is 12.5. The average Bonchev–Trinajstić information content (AvgIpc) is 2.16. The SMILES string of the molecule is OCc1ccnc(CCl)c1C(F)F. The minimum atomic E-state index is -2.65. The van der Waals surface area contributed by atoms with Crippen molar-refractivity contribution in [3.63, 3.8) is 0 Å². The molecule has 0 atom stereocenters. The van der Waals surface area contributed by atoms with Crippen molar-refractivity contribution in [1.29, 1.82) is 0 Å². The lowest BCUT2D eigenvalue weighted by Gasteiger charge is -2.09. The van der Waals surface area contributed by atoms with E-state index in [0.29, 0.717) is 0 Å². The molecule has 72 valence electrons. The van der Waals surface area contributed by atoms with Gasteiger partial charge in [-0.05, 0) is 11.6 Å². The number of pyridine rings is 1. The number of rotatable bonds is 3. The van der Waals surface area contributed by atoms with Crippen LogP contribution in [0.15, 0.2) is 12.3 Å². The zero-order valence-electron chi connectivity index (χ0n) is 6.67. The number of aromatic nitrogens is 1. The fraction of sp³-hybridized carbons (Fsp3) is 0.375. The molecule has 0 unspecified atom stereocenters. The van der Waals surface area contributed by atoms with Crippen LogP contribution in [-0.2, 0) is 12.5 Å². The molecular formula is C8H8ClF2NO. The van der Waals surface area contributed by atoms with Gasteiger partial charge in [0.2, 0.25) is 0 Å². The van der Waals surface area contributed by atoms with Crippen LogP contribution in [0.4, 0.5) is 8.78 Å². The van der Waals surface area contributed by atoms with Crippen LogP contribution in [0.2, 0.25) is 0 Å². The monoisotopic (exact) mass is 207 g/mol. The van der Waals surface area contributed by atoms with Gasteiger partial charge in [0.05, 0.1) is 18.2 Å². The van der Waals surface area contributed by atoms with Crippen LogP contribution in [-0.4, -0.2) is 10.1 Å². The van der Waals surface area contributed by atoms with Crippen LogP contribution in [0.1, 0.15) is 23.2 Å². The molecular weight excluding hydrogens is 200 g/mol. The molecule has 0 spiro atoms. The van der Waals surface area contributed by atoms with Crippen molar-refractivity contribution >= 4 is 11.6 Å². The molecule has 0 radical (unpaired) electrons. The summed E-state index contributed by atoms with van der Waals surface area (Å²) in [5, 5.41) is 8.78. The second-order valence-corrected chi connectivity index (χ2v) is 2.69. The number of aliphatic hydroxyl groups is 1. The second kappa shape index (κ2) is 4.48. The van der Waals surface area contributed by atoms with Crippen LogP contribution in [0.5, 0.6) is 0 Å². The van der Waals surface area contributed by atoms with Crippen LogP contribution < -0.4 is 0 Å². The molecule has 13 heavy (non-hydrogen) atoms.